The van der Waals surface area contributed by atoms with Gasteiger partial charge in [0.05, 0.1) is 0 Å². The van der Waals surface area contributed by atoms with Gasteiger partial charge in [-0.25, -0.2) is 4.79 Å². The predicted molar refractivity (Wildman–Crippen MR) is 44.1 cm³/mol. The minimum Gasteiger partial charge on any atom is -0.450 e. The summed E-state index contributed by atoms with van der Waals surface area (Å²) in [5, 5.41) is 8.26. The molecule has 1 aliphatic rings. The van der Waals surface area contributed by atoms with Crippen molar-refractivity contribution in [3.63, 3.8) is 0 Å². The van der Waals surface area contributed by atoms with E-state index in [0.717, 1.165) is 0 Å². The average molecular weight is 204 g/mol. The Morgan fingerprint density at radius 3 is 2.86 bits per heavy atom. The molecule has 5 heteroatoms. The minimum absolute atomic E-state index is 0.0218. The first-order valence-corrected chi connectivity index (χ1v) is 4.30. The van der Waals surface area contributed by atoms with E-state index in [1.54, 1.807) is 5.92 Å². The van der Waals surface area contributed by atoms with Crippen LogP contribution < -0.4 is 0 Å². The van der Waals surface area contributed by atoms with Crippen LogP contribution >= 0.6 is 0 Å². The molecule has 0 saturated heterocycles. The average Bonchev–Trinajstić information content (AvgIpc) is 2.05. The smallest absolute Gasteiger partial charge is 0.450 e. The number of halogens is 2. The van der Waals surface area contributed by atoms with Crippen molar-refractivity contribution in [2.45, 2.75) is 37.7 Å². The molecule has 78 valence electrons. The molecule has 0 fully saturated rings. The van der Waals surface area contributed by atoms with Crippen LogP contribution in [0.3, 0.4) is 0 Å². The lowest BCUT2D eigenvalue weighted by molar-refractivity contribution is -0.0840. The van der Waals surface area contributed by atoms with E-state index < -0.39 is 18.2 Å². The van der Waals surface area contributed by atoms with Gasteiger partial charge in [-0.1, -0.05) is 5.92 Å². The molecule has 1 unspecified atom stereocenters. The van der Waals surface area contributed by atoms with Gasteiger partial charge in [-0.05, 0) is 25.2 Å². The van der Waals surface area contributed by atoms with E-state index in [9.17, 15) is 13.6 Å². The molecule has 0 aliphatic heterocycles. The summed E-state index contributed by atoms with van der Waals surface area (Å²) in [4.78, 5) is 10.1. The zero-order valence-electron chi connectivity index (χ0n) is 7.43. The van der Waals surface area contributed by atoms with Crippen LogP contribution in [0.15, 0.2) is 0 Å². The van der Waals surface area contributed by atoms with E-state index in [4.69, 9.17) is 5.11 Å². The quantitative estimate of drug-likeness (QED) is 0.526. The van der Waals surface area contributed by atoms with Crippen LogP contribution in [0.1, 0.15) is 25.7 Å². The van der Waals surface area contributed by atoms with Crippen molar-refractivity contribution in [2.24, 2.45) is 0 Å². The Balaban J connectivity index is 2.75. The van der Waals surface area contributed by atoms with Gasteiger partial charge in [-0.15, -0.1) is 0 Å². The summed E-state index contributed by atoms with van der Waals surface area (Å²) in [6.07, 6.45) is -1.67. The number of rotatable bonds is 1. The first kappa shape index (κ1) is 10.8. The van der Waals surface area contributed by atoms with Crippen LogP contribution in [0.2, 0.25) is 0 Å². The van der Waals surface area contributed by atoms with Crippen molar-refractivity contribution < 1.29 is 23.4 Å². The van der Waals surface area contributed by atoms with Crippen molar-refractivity contribution in [1.29, 1.82) is 0 Å². The molecule has 1 aliphatic carbocycles. The number of carbonyl (C=O) groups is 1. The second-order valence-electron chi connectivity index (χ2n) is 3.04. The molecule has 0 heterocycles. The fraction of sp³-hybridized carbons (Fsp3) is 0.667. The van der Waals surface area contributed by atoms with Gasteiger partial charge in [0.2, 0.25) is 0 Å². The van der Waals surface area contributed by atoms with Crippen molar-refractivity contribution >= 4 is 6.16 Å². The van der Waals surface area contributed by atoms with Gasteiger partial charge in [0.15, 0.2) is 6.10 Å². The molecule has 14 heavy (non-hydrogen) atoms. The highest BCUT2D eigenvalue weighted by Gasteiger charge is 2.41. The second kappa shape index (κ2) is 4.27. The van der Waals surface area contributed by atoms with E-state index in [1.807, 2.05) is 0 Å². The monoisotopic (exact) mass is 204 g/mol. The van der Waals surface area contributed by atoms with Gasteiger partial charge in [0, 0.05) is 6.42 Å². The minimum atomic E-state index is -3.36. The molecule has 0 aromatic heterocycles. The third kappa shape index (κ3) is 2.87. The lowest BCUT2D eigenvalue weighted by atomic mass is 10.0. The molecule has 1 atom stereocenters. The van der Waals surface area contributed by atoms with Crippen LogP contribution in [0.4, 0.5) is 13.6 Å². The summed E-state index contributed by atoms with van der Waals surface area (Å²) in [5.74, 6) is 0.690. The molecule has 1 N–H and O–H groups in total. The molecule has 3 nitrogen and oxygen atoms in total. The summed E-state index contributed by atoms with van der Waals surface area (Å²) in [7, 11) is 0. The van der Waals surface area contributed by atoms with E-state index in [1.165, 1.54) is 0 Å². The first-order valence-electron chi connectivity index (χ1n) is 4.30. The van der Waals surface area contributed by atoms with Crippen molar-refractivity contribution in [3.8, 4) is 11.8 Å². The van der Waals surface area contributed by atoms with Crippen LogP contribution in [0.25, 0.3) is 0 Å². The summed E-state index contributed by atoms with van der Waals surface area (Å²) in [6, 6.07) is 0. The largest absolute Gasteiger partial charge is 0.506 e. The normalized spacial score (nSPS) is 25.1. The van der Waals surface area contributed by atoms with Crippen molar-refractivity contribution in [2.75, 3.05) is 0 Å². The second-order valence-corrected chi connectivity index (χ2v) is 3.04. The maximum absolute atomic E-state index is 13.1. The van der Waals surface area contributed by atoms with Crippen LogP contribution in [0.5, 0.6) is 0 Å². The predicted octanol–water partition coefficient (Wildman–Crippen LogP) is 2.26. The van der Waals surface area contributed by atoms with Crippen LogP contribution in [-0.4, -0.2) is 23.3 Å². The molecular weight excluding hydrogens is 194 g/mol. The fourth-order valence-corrected chi connectivity index (χ4v) is 1.24. The highest BCUT2D eigenvalue weighted by molar-refractivity contribution is 5.57. The maximum Gasteiger partial charge on any atom is 0.506 e. The molecular formula is C9H10F2O3. The summed E-state index contributed by atoms with van der Waals surface area (Å²) >= 11 is 0. The number of ether oxygens (including phenoxy) is 1. The number of carboxylic acid groups (broad SMARTS) is 1. The topological polar surface area (TPSA) is 46.5 Å². The molecule has 0 radical (unpaired) electrons. The molecule has 0 saturated carbocycles. The first-order chi connectivity index (χ1) is 6.52. The standard InChI is InChI=1S/C9H10F2O3/c10-9(11)6-4-2-1-3-5-7(9)14-8(12)13/h7H,1-3,5H2,(H,12,13). The van der Waals surface area contributed by atoms with E-state index in [0.29, 0.717) is 19.3 Å². The maximum atomic E-state index is 13.1. The highest BCUT2D eigenvalue weighted by Crippen LogP contribution is 2.26. The van der Waals surface area contributed by atoms with Gasteiger partial charge >= 0.3 is 12.1 Å². The fourth-order valence-electron chi connectivity index (χ4n) is 1.24. The van der Waals surface area contributed by atoms with Gasteiger partial charge in [-0.2, -0.15) is 8.78 Å². The number of alkyl halides is 2. The third-order valence-electron chi connectivity index (χ3n) is 1.92. The van der Waals surface area contributed by atoms with Crippen molar-refractivity contribution in [1.82, 2.24) is 0 Å². The van der Waals surface area contributed by atoms with E-state index in [-0.39, 0.29) is 6.42 Å². The lowest BCUT2D eigenvalue weighted by Gasteiger charge is -2.22. The van der Waals surface area contributed by atoms with E-state index >= 15 is 0 Å². The summed E-state index contributed by atoms with van der Waals surface area (Å²) in [5.41, 5.74) is 0. The zero-order valence-corrected chi connectivity index (χ0v) is 7.43. The summed E-state index contributed by atoms with van der Waals surface area (Å²) in [6.45, 7) is 0. The Bertz CT molecular complexity index is 278. The van der Waals surface area contributed by atoms with Crippen molar-refractivity contribution in [3.05, 3.63) is 0 Å². The molecule has 1 rings (SSSR count). The third-order valence-corrected chi connectivity index (χ3v) is 1.92. The van der Waals surface area contributed by atoms with Gasteiger partial charge in [0.25, 0.3) is 0 Å². The zero-order chi connectivity index (χ0) is 10.6. The molecule has 0 bridgehead atoms. The Morgan fingerprint density at radius 1 is 1.50 bits per heavy atom. The Labute approximate surface area is 80.1 Å². The Morgan fingerprint density at radius 2 is 2.21 bits per heavy atom. The molecule has 0 amide bonds. The van der Waals surface area contributed by atoms with Gasteiger partial charge in [-0.3, -0.25) is 0 Å². The van der Waals surface area contributed by atoms with E-state index in [2.05, 4.69) is 10.7 Å². The molecule has 0 aromatic rings. The lowest BCUT2D eigenvalue weighted by Crippen LogP contribution is -2.36. The number of hydrogen-bond acceptors (Lipinski definition) is 2. The van der Waals surface area contributed by atoms with Gasteiger partial charge in [0.1, 0.15) is 0 Å². The Kier molecular flexibility index (Phi) is 3.28. The Hall–Kier alpha value is -1.31. The van der Waals surface area contributed by atoms with Gasteiger partial charge < -0.3 is 9.84 Å². The van der Waals surface area contributed by atoms with Crippen LogP contribution in [-0.2, 0) is 4.74 Å². The molecule has 0 spiro atoms. The summed E-state index contributed by atoms with van der Waals surface area (Å²) < 4.78 is 30.3. The molecule has 0 aromatic carbocycles. The number of hydrogen-bond donors (Lipinski definition) is 1. The van der Waals surface area contributed by atoms with Crippen LogP contribution in [0, 0.1) is 11.8 Å². The highest BCUT2D eigenvalue weighted by atomic mass is 19.3. The SMILES string of the molecule is O=C(O)OC1CCCCC#CC1(F)F.